The number of hydrogen-bond donors (Lipinski definition) is 2. The summed E-state index contributed by atoms with van der Waals surface area (Å²) in [5.74, 6) is 0. The average molecular weight is 392 g/mol. The van der Waals surface area contributed by atoms with Crippen LogP contribution < -0.4 is 29.6 Å². The number of unbranched alkanes of at least 4 members (excludes halogenated alkanes) is 9. The Morgan fingerprint density at radius 2 is 1.00 bits per heavy atom. The first-order valence-corrected chi connectivity index (χ1v) is 10.9. The van der Waals surface area contributed by atoms with Gasteiger partial charge in [0.15, 0.2) is 0 Å². The third kappa shape index (κ3) is 51.6. The van der Waals surface area contributed by atoms with Gasteiger partial charge in [0.25, 0.3) is 0 Å². The fourth-order valence-corrected chi connectivity index (χ4v) is 2.16. The molecule has 0 spiro atoms. The van der Waals surface area contributed by atoms with Gasteiger partial charge in [-0.2, -0.15) is 14.8 Å². The monoisotopic (exact) mass is 391 g/mol. The van der Waals surface area contributed by atoms with Crippen molar-refractivity contribution in [3.63, 3.8) is 0 Å². The Hall–Kier alpha value is 0.830. The van der Waals surface area contributed by atoms with Crippen molar-refractivity contribution < 1.29 is 47.1 Å². The van der Waals surface area contributed by atoms with Gasteiger partial charge in [-0.3, -0.25) is 9.11 Å². The van der Waals surface area contributed by atoms with Crippen molar-refractivity contribution in [1.29, 1.82) is 0 Å². The van der Waals surface area contributed by atoms with Crippen LogP contribution in [0, 0.1) is 6.92 Å². The summed E-state index contributed by atoms with van der Waals surface area (Å²) in [5.41, 5.74) is 0. The quantitative estimate of drug-likeness (QED) is 0.231. The van der Waals surface area contributed by atoms with E-state index in [0.717, 1.165) is 6.42 Å². The minimum absolute atomic E-state index is 0. The van der Waals surface area contributed by atoms with E-state index in [4.69, 9.17) is 17.5 Å². The van der Waals surface area contributed by atoms with Crippen molar-refractivity contribution in [3.05, 3.63) is 6.92 Å². The largest absolute Gasteiger partial charge is 1.00 e. The van der Waals surface area contributed by atoms with E-state index in [9.17, 15) is 0 Å². The molecule has 2 N–H and O–H groups in total. The fourth-order valence-electron chi connectivity index (χ4n) is 2.16. The second kappa shape index (κ2) is 27.1. The Balaban J connectivity index is -0.000000145. The first-order valence-electron chi connectivity index (χ1n) is 9.48. The standard InChI is InChI=1S/C12H25.C6H15N.Na.H2O4S/c1-3-5-7-9-11-12-10-8-6-4-2;1-4-7(5-2)6-3;;1-5(2,3)4/h1,3-12H2,2H3;4-6H2,1-3H3;;(H2,1,2,3,4)/q-1;;+1;. The Morgan fingerprint density at radius 1 is 0.720 bits per heavy atom. The minimum Gasteiger partial charge on any atom is -0.343 e. The maximum absolute atomic E-state index is 8.74. The molecular formula is C18H42NNaO4S. The van der Waals surface area contributed by atoms with Crippen LogP contribution >= 0.6 is 0 Å². The molecule has 0 bridgehead atoms. The molecule has 0 heterocycles. The third-order valence-corrected chi connectivity index (χ3v) is 3.70. The molecule has 0 aromatic heterocycles. The summed E-state index contributed by atoms with van der Waals surface area (Å²) in [6, 6.07) is 0. The van der Waals surface area contributed by atoms with Gasteiger partial charge >= 0.3 is 40.0 Å². The molecule has 0 atom stereocenters. The predicted molar refractivity (Wildman–Crippen MR) is 105 cm³/mol. The van der Waals surface area contributed by atoms with Crippen LogP contribution in [0.2, 0.25) is 0 Å². The van der Waals surface area contributed by atoms with Gasteiger partial charge in [0, 0.05) is 0 Å². The molecule has 0 aliphatic heterocycles. The molecule has 0 saturated heterocycles. The summed E-state index contributed by atoms with van der Waals surface area (Å²) >= 11 is 0. The molecule has 7 heteroatoms. The molecule has 0 unspecified atom stereocenters. The van der Waals surface area contributed by atoms with Crippen LogP contribution in [-0.4, -0.2) is 42.1 Å². The van der Waals surface area contributed by atoms with Gasteiger partial charge < -0.3 is 11.8 Å². The molecule has 0 aromatic rings. The van der Waals surface area contributed by atoms with E-state index in [1.807, 2.05) is 0 Å². The zero-order chi connectivity index (χ0) is 19.3. The van der Waals surface area contributed by atoms with Crippen LogP contribution in [0.5, 0.6) is 0 Å². The van der Waals surface area contributed by atoms with E-state index in [1.54, 1.807) is 0 Å². The zero-order valence-electron chi connectivity index (χ0n) is 17.5. The van der Waals surface area contributed by atoms with E-state index in [1.165, 1.54) is 77.4 Å². The molecule has 0 aromatic carbocycles. The molecular weight excluding hydrogens is 349 g/mol. The van der Waals surface area contributed by atoms with Gasteiger partial charge in [0.2, 0.25) is 0 Å². The molecule has 150 valence electrons. The number of nitrogens with zero attached hydrogens (tertiary/aromatic N) is 1. The first-order chi connectivity index (χ1) is 11.3. The minimum atomic E-state index is -4.67. The van der Waals surface area contributed by atoms with Crippen LogP contribution in [0.25, 0.3) is 0 Å². The smallest absolute Gasteiger partial charge is 0.343 e. The van der Waals surface area contributed by atoms with Crippen molar-refractivity contribution >= 4 is 10.4 Å². The molecule has 0 fully saturated rings. The second-order valence-corrected chi connectivity index (χ2v) is 6.64. The molecule has 0 radical (unpaired) electrons. The van der Waals surface area contributed by atoms with E-state index >= 15 is 0 Å². The van der Waals surface area contributed by atoms with E-state index < -0.39 is 10.4 Å². The van der Waals surface area contributed by atoms with Gasteiger partial charge in [0.1, 0.15) is 0 Å². The number of rotatable bonds is 12. The van der Waals surface area contributed by atoms with Crippen LogP contribution in [0.1, 0.15) is 91.9 Å². The van der Waals surface area contributed by atoms with Crippen molar-refractivity contribution in [2.24, 2.45) is 0 Å². The predicted octanol–water partition coefficient (Wildman–Crippen LogP) is 2.44. The van der Waals surface area contributed by atoms with Gasteiger partial charge in [0.05, 0.1) is 0 Å². The van der Waals surface area contributed by atoms with Crippen molar-refractivity contribution in [1.82, 2.24) is 4.90 Å². The van der Waals surface area contributed by atoms with Crippen molar-refractivity contribution in [3.8, 4) is 0 Å². The van der Waals surface area contributed by atoms with Gasteiger partial charge in [-0.1, -0.05) is 85.5 Å². The first kappa shape index (κ1) is 33.4. The van der Waals surface area contributed by atoms with E-state index in [2.05, 4.69) is 39.5 Å². The maximum Gasteiger partial charge on any atom is 1.00 e. The van der Waals surface area contributed by atoms with Gasteiger partial charge in [-0.15, -0.1) is 0 Å². The Labute approximate surface area is 180 Å². The fraction of sp³-hybridized carbons (Fsp3) is 0.944. The van der Waals surface area contributed by atoms with Crippen LogP contribution in [0.4, 0.5) is 0 Å². The zero-order valence-corrected chi connectivity index (χ0v) is 20.3. The molecule has 0 rings (SSSR count). The maximum atomic E-state index is 8.74. The summed E-state index contributed by atoms with van der Waals surface area (Å²) in [5, 5.41) is 0. The Bertz CT molecular complexity index is 287. The molecule has 25 heavy (non-hydrogen) atoms. The third-order valence-electron chi connectivity index (χ3n) is 3.70. The van der Waals surface area contributed by atoms with E-state index in [-0.39, 0.29) is 29.6 Å². The molecule has 5 nitrogen and oxygen atoms in total. The topological polar surface area (TPSA) is 77.8 Å². The second-order valence-electron chi connectivity index (χ2n) is 5.75. The van der Waals surface area contributed by atoms with Crippen molar-refractivity contribution in [2.45, 2.75) is 91.9 Å². The normalized spacial score (nSPS) is 10.2. The molecule has 0 saturated carbocycles. The van der Waals surface area contributed by atoms with Gasteiger partial charge in [-0.25, -0.2) is 0 Å². The van der Waals surface area contributed by atoms with Gasteiger partial charge in [-0.05, 0) is 19.6 Å². The number of hydrogen-bond acceptors (Lipinski definition) is 3. The summed E-state index contributed by atoms with van der Waals surface area (Å²) < 4.78 is 31.6. The van der Waals surface area contributed by atoms with Crippen LogP contribution in [0.15, 0.2) is 0 Å². The Morgan fingerprint density at radius 3 is 1.20 bits per heavy atom. The van der Waals surface area contributed by atoms with Crippen LogP contribution in [-0.2, 0) is 10.4 Å². The summed E-state index contributed by atoms with van der Waals surface area (Å²) in [4.78, 5) is 2.38. The summed E-state index contributed by atoms with van der Waals surface area (Å²) in [6.45, 7) is 16.2. The Kier molecular flexibility index (Phi) is 36.2. The summed E-state index contributed by atoms with van der Waals surface area (Å²) in [7, 11) is -4.67. The molecule has 0 amide bonds. The molecule has 0 aliphatic rings. The average Bonchev–Trinajstić information content (AvgIpc) is 2.51. The van der Waals surface area contributed by atoms with Crippen molar-refractivity contribution in [2.75, 3.05) is 19.6 Å². The summed E-state index contributed by atoms with van der Waals surface area (Å²) in [6.07, 6.45) is 13.9. The molecule has 0 aliphatic carbocycles. The van der Waals surface area contributed by atoms with E-state index in [0.29, 0.717) is 0 Å². The SMILES string of the molecule is CCN(CC)CC.O=S(=O)(O)O.[CH2-]CCCCCCCCCCC.[Na+]. The van der Waals surface area contributed by atoms with Crippen LogP contribution in [0.3, 0.4) is 0 Å².